The second kappa shape index (κ2) is 5.78. The number of aliphatic hydroxyl groups excluding tert-OH is 1. The SMILES string of the molecule is CC(C)CSc1ccc(C(C)O)c(Cl)c1. The summed E-state index contributed by atoms with van der Waals surface area (Å²) < 4.78 is 0. The third kappa shape index (κ3) is 4.06. The molecule has 0 heterocycles. The summed E-state index contributed by atoms with van der Waals surface area (Å²) in [6, 6.07) is 5.84. The number of hydrogen-bond donors (Lipinski definition) is 1. The van der Waals surface area contributed by atoms with Crippen LogP contribution >= 0.6 is 23.4 Å². The lowest BCUT2D eigenvalue weighted by atomic mass is 10.1. The number of thioether (sulfide) groups is 1. The molecule has 0 fully saturated rings. The van der Waals surface area contributed by atoms with E-state index in [2.05, 4.69) is 13.8 Å². The van der Waals surface area contributed by atoms with Gasteiger partial charge < -0.3 is 5.11 Å². The number of rotatable bonds is 4. The smallest absolute Gasteiger partial charge is 0.0776 e. The third-order valence-corrected chi connectivity index (χ3v) is 3.75. The Bertz CT molecular complexity index is 323. The Labute approximate surface area is 101 Å². The van der Waals surface area contributed by atoms with Crippen molar-refractivity contribution in [2.75, 3.05) is 5.75 Å². The fourth-order valence-electron chi connectivity index (χ4n) is 1.20. The number of halogens is 1. The van der Waals surface area contributed by atoms with E-state index in [1.54, 1.807) is 18.7 Å². The first-order chi connectivity index (χ1) is 7.00. The molecule has 1 N–H and O–H groups in total. The van der Waals surface area contributed by atoms with Crippen LogP contribution in [0.1, 0.15) is 32.4 Å². The molecule has 1 aromatic carbocycles. The molecule has 1 unspecified atom stereocenters. The molecular formula is C12H17ClOS. The van der Waals surface area contributed by atoms with E-state index in [4.69, 9.17) is 11.6 Å². The summed E-state index contributed by atoms with van der Waals surface area (Å²) in [6.45, 7) is 6.11. The van der Waals surface area contributed by atoms with Gasteiger partial charge >= 0.3 is 0 Å². The molecule has 0 aromatic heterocycles. The molecule has 1 atom stereocenters. The van der Waals surface area contributed by atoms with Crippen LogP contribution in [0.25, 0.3) is 0 Å². The van der Waals surface area contributed by atoms with Crippen molar-refractivity contribution < 1.29 is 5.11 Å². The van der Waals surface area contributed by atoms with Crippen LogP contribution in [0.5, 0.6) is 0 Å². The second-order valence-corrected chi connectivity index (χ2v) is 5.56. The number of hydrogen-bond acceptors (Lipinski definition) is 2. The van der Waals surface area contributed by atoms with Crippen molar-refractivity contribution in [3.63, 3.8) is 0 Å². The van der Waals surface area contributed by atoms with Gasteiger partial charge in [-0.2, -0.15) is 0 Å². The lowest BCUT2D eigenvalue weighted by molar-refractivity contribution is 0.199. The van der Waals surface area contributed by atoms with Gasteiger partial charge in [-0.15, -0.1) is 11.8 Å². The summed E-state index contributed by atoms with van der Waals surface area (Å²) >= 11 is 7.86. The summed E-state index contributed by atoms with van der Waals surface area (Å²) in [5, 5.41) is 10.1. The minimum absolute atomic E-state index is 0.498. The lowest BCUT2D eigenvalue weighted by Gasteiger charge is -2.10. The maximum absolute atomic E-state index is 9.42. The zero-order chi connectivity index (χ0) is 11.4. The van der Waals surface area contributed by atoms with Gasteiger partial charge in [0, 0.05) is 15.7 Å². The molecule has 0 aliphatic rings. The van der Waals surface area contributed by atoms with E-state index < -0.39 is 6.10 Å². The van der Waals surface area contributed by atoms with Gasteiger partial charge in [-0.1, -0.05) is 31.5 Å². The summed E-state index contributed by atoms with van der Waals surface area (Å²) in [5.41, 5.74) is 0.797. The van der Waals surface area contributed by atoms with Crippen molar-refractivity contribution in [1.29, 1.82) is 0 Å². The monoisotopic (exact) mass is 244 g/mol. The molecule has 1 aromatic rings. The molecule has 1 rings (SSSR count). The second-order valence-electron chi connectivity index (χ2n) is 4.06. The summed E-state index contributed by atoms with van der Waals surface area (Å²) in [6.07, 6.45) is -0.498. The Morgan fingerprint density at radius 3 is 2.47 bits per heavy atom. The zero-order valence-electron chi connectivity index (χ0n) is 9.33. The molecule has 0 radical (unpaired) electrons. The van der Waals surface area contributed by atoms with Crippen LogP contribution in [-0.2, 0) is 0 Å². The fourth-order valence-corrected chi connectivity index (χ4v) is 2.49. The Hall–Kier alpha value is -0.180. The van der Waals surface area contributed by atoms with Gasteiger partial charge in [-0.25, -0.2) is 0 Å². The molecule has 0 saturated heterocycles. The van der Waals surface area contributed by atoms with Gasteiger partial charge in [-0.3, -0.25) is 0 Å². The largest absolute Gasteiger partial charge is 0.389 e. The predicted molar refractivity (Wildman–Crippen MR) is 67.6 cm³/mol. The van der Waals surface area contributed by atoms with Crippen LogP contribution in [0.2, 0.25) is 5.02 Å². The molecule has 0 amide bonds. The van der Waals surface area contributed by atoms with Crippen LogP contribution in [0.3, 0.4) is 0 Å². The molecule has 0 saturated carbocycles. The molecule has 3 heteroatoms. The van der Waals surface area contributed by atoms with Crippen molar-refractivity contribution >= 4 is 23.4 Å². The van der Waals surface area contributed by atoms with Gasteiger partial charge in [0.05, 0.1) is 6.10 Å². The summed E-state index contributed by atoms with van der Waals surface area (Å²) in [4.78, 5) is 1.16. The highest BCUT2D eigenvalue weighted by molar-refractivity contribution is 7.99. The van der Waals surface area contributed by atoms with Crippen LogP contribution in [-0.4, -0.2) is 10.9 Å². The fraction of sp³-hybridized carbons (Fsp3) is 0.500. The zero-order valence-corrected chi connectivity index (χ0v) is 10.9. The minimum Gasteiger partial charge on any atom is -0.389 e. The van der Waals surface area contributed by atoms with Crippen molar-refractivity contribution in [2.24, 2.45) is 5.92 Å². The number of benzene rings is 1. The third-order valence-electron chi connectivity index (χ3n) is 2.01. The van der Waals surface area contributed by atoms with Gasteiger partial charge in [0.25, 0.3) is 0 Å². The van der Waals surface area contributed by atoms with E-state index in [1.165, 1.54) is 0 Å². The van der Waals surface area contributed by atoms with Gasteiger partial charge in [-0.05, 0) is 30.5 Å². The van der Waals surface area contributed by atoms with Crippen molar-refractivity contribution in [2.45, 2.75) is 31.8 Å². The Balaban J connectivity index is 2.73. The Kier molecular flexibility index (Phi) is 4.97. The first-order valence-electron chi connectivity index (χ1n) is 5.11. The quantitative estimate of drug-likeness (QED) is 0.804. The summed E-state index contributed by atoms with van der Waals surface area (Å²) in [5.74, 6) is 1.76. The van der Waals surface area contributed by atoms with E-state index in [0.717, 1.165) is 16.2 Å². The highest BCUT2D eigenvalue weighted by Crippen LogP contribution is 2.29. The van der Waals surface area contributed by atoms with Crippen molar-refractivity contribution in [1.82, 2.24) is 0 Å². The van der Waals surface area contributed by atoms with Crippen molar-refractivity contribution in [3.05, 3.63) is 28.8 Å². The topological polar surface area (TPSA) is 20.2 Å². The molecule has 0 aliphatic heterocycles. The van der Waals surface area contributed by atoms with E-state index in [0.29, 0.717) is 10.9 Å². The molecule has 0 bridgehead atoms. The van der Waals surface area contributed by atoms with E-state index >= 15 is 0 Å². The average molecular weight is 245 g/mol. The van der Waals surface area contributed by atoms with E-state index in [1.807, 2.05) is 18.2 Å². The molecule has 0 aliphatic carbocycles. The highest BCUT2D eigenvalue weighted by atomic mass is 35.5. The minimum atomic E-state index is -0.498. The van der Waals surface area contributed by atoms with Crippen LogP contribution < -0.4 is 0 Å². The number of aliphatic hydroxyl groups is 1. The van der Waals surface area contributed by atoms with Gasteiger partial charge in [0.1, 0.15) is 0 Å². The first-order valence-corrected chi connectivity index (χ1v) is 6.47. The molecular weight excluding hydrogens is 228 g/mol. The molecule has 0 spiro atoms. The van der Waals surface area contributed by atoms with E-state index in [9.17, 15) is 5.11 Å². The Morgan fingerprint density at radius 1 is 1.33 bits per heavy atom. The molecule has 15 heavy (non-hydrogen) atoms. The van der Waals surface area contributed by atoms with Gasteiger partial charge in [0.2, 0.25) is 0 Å². The molecule has 84 valence electrons. The predicted octanol–water partition coefficient (Wildman–Crippen LogP) is 4.14. The van der Waals surface area contributed by atoms with Gasteiger partial charge in [0.15, 0.2) is 0 Å². The maximum atomic E-state index is 9.42. The average Bonchev–Trinajstić information content (AvgIpc) is 2.14. The standard InChI is InChI=1S/C12H17ClOS/c1-8(2)7-15-10-4-5-11(9(3)14)12(13)6-10/h4-6,8-9,14H,7H2,1-3H3. The van der Waals surface area contributed by atoms with E-state index in [-0.39, 0.29) is 0 Å². The van der Waals surface area contributed by atoms with Crippen LogP contribution in [0, 0.1) is 5.92 Å². The first kappa shape index (κ1) is 12.9. The van der Waals surface area contributed by atoms with Crippen LogP contribution in [0.4, 0.5) is 0 Å². The lowest BCUT2D eigenvalue weighted by Crippen LogP contribution is -1.93. The normalized spacial score (nSPS) is 13.2. The summed E-state index contributed by atoms with van der Waals surface area (Å²) in [7, 11) is 0. The molecule has 1 nitrogen and oxygen atoms in total. The maximum Gasteiger partial charge on any atom is 0.0776 e. The highest BCUT2D eigenvalue weighted by Gasteiger charge is 2.07. The van der Waals surface area contributed by atoms with Crippen molar-refractivity contribution in [3.8, 4) is 0 Å². The Morgan fingerprint density at radius 2 is 2.00 bits per heavy atom. The van der Waals surface area contributed by atoms with Crippen LogP contribution in [0.15, 0.2) is 23.1 Å².